The van der Waals surface area contributed by atoms with Gasteiger partial charge in [-0.05, 0) is 30.3 Å². The molecule has 0 saturated carbocycles. The molecule has 36 heavy (non-hydrogen) atoms. The van der Waals surface area contributed by atoms with Gasteiger partial charge in [-0.25, -0.2) is 9.98 Å². The molecule has 10 heteroatoms. The zero-order valence-corrected chi connectivity index (χ0v) is 19.2. The molecule has 0 spiro atoms. The maximum absolute atomic E-state index is 13.4. The second kappa shape index (κ2) is 9.40. The number of aliphatic imine (C=N–C) groups is 1. The number of halogens is 1. The molecule has 5 rings (SSSR count). The number of nitro groups is 1. The molecule has 1 aromatic heterocycles. The molecule has 0 aliphatic carbocycles. The summed E-state index contributed by atoms with van der Waals surface area (Å²) in [6, 6.07) is 23.2. The smallest absolute Gasteiger partial charge is 0.267 e. The van der Waals surface area contributed by atoms with E-state index in [4.69, 9.17) is 11.6 Å². The fourth-order valence-electron chi connectivity index (χ4n) is 3.66. The van der Waals surface area contributed by atoms with Crippen molar-refractivity contribution < 1.29 is 14.5 Å². The predicted octanol–water partition coefficient (Wildman–Crippen LogP) is 4.77. The Kier molecular flexibility index (Phi) is 5.97. The lowest BCUT2D eigenvalue weighted by molar-refractivity contribution is -0.384. The van der Waals surface area contributed by atoms with E-state index in [9.17, 15) is 19.7 Å². The van der Waals surface area contributed by atoms with E-state index in [0.29, 0.717) is 16.6 Å². The zero-order chi connectivity index (χ0) is 25.2. The van der Waals surface area contributed by atoms with Gasteiger partial charge in [-0.1, -0.05) is 60.1 Å². The highest BCUT2D eigenvalue weighted by Crippen LogP contribution is 2.26. The molecule has 0 radical (unpaired) electrons. The molecule has 3 aromatic carbocycles. The number of nitrogens with zero attached hydrogens (tertiary/aromatic N) is 4. The molecule has 176 valence electrons. The fourth-order valence-corrected chi connectivity index (χ4v) is 3.86. The molecule has 1 N–H and O–H groups in total. The summed E-state index contributed by atoms with van der Waals surface area (Å²) in [6.07, 6.45) is 1.52. The highest BCUT2D eigenvalue weighted by atomic mass is 35.5. The maximum atomic E-state index is 13.4. The summed E-state index contributed by atoms with van der Waals surface area (Å²) in [4.78, 5) is 45.4. The molecule has 0 unspecified atom stereocenters. The van der Waals surface area contributed by atoms with Crippen molar-refractivity contribution in [2.45, 2.75) is 0 Å². The number of para-hydroxylation sites is 1. The second-order valence-corrected chi connectivity index (χ2v) is 8.14. The largest absolute Gasteiger partial charge is 0.297 e. The summed E-state index contributed by atoms with van der Waals surface area (Å²) >= 11 is 6.37. The Hall–Kier alpha value is -4.89. The number of aromatic nitrogens is 1. The molecule has 0 saturated heterocycles. The van der Waals surface area contributed by atoms with Gasteiger partial charge in [0.15, 0.2) is 5.84 Å². The van der Waals surface area contributed by atoms with E-state index < -0.39 is 16.7 Å². The monoisotopic (exact) mass is 497 g/mol. The number of pyridine rings is 1. The third-order valence-electron chi connectivity index (χ3n) is 5.44. The van der Waals surface area contributed by atoms with Gasteiger partial charge in [0.05, 0.1) is 10.4 Å². The summed E-state index contributed by atoms with van der Waals surface area (Å²) < 4.78 is 0. The van der Waals surface area contributed by atoms with Gasteiger partial charge in [0.25, 0.3) is 17.5 Å². The number of amides is 2. The van der Waals surface area contributed by atoms with E-state index in [-0.39, 0.29) is 27.9 Å². The average molecular weight is 498 g/mol. The number of hydrazine groups is 1. The van der Waals surface area contributed by atoms with Gasteiger partial charge < -0.3 is 0 Å². The van der Waals surface area contributed by atoms with Crippen LogP contribution in [0.3, 0.4) is 0 Å². The lowest BCUT2D eigenvalue weighted by Gasteiger charge is -2.19. The number of hydrogen-bond acceptors (Lipinski definition) is 6. The Balaban J connectivity index is 1.51. The van der Waals surface area contributed by atoms with Crippen LogP contribution in [0.5, 0.6) is 0 Å². The first-order valence-corrected chi connectivity index (χ1v) is 11.1. The number of benzene rings is 3. The van der Waals surface area contributed by atoms with Crippen LogP contribution in [0.25, 0.3) is 17.0 Å². The van der Waals surface area contributed by atoms with E-state index in [2.05, 4.69) is 15.4 Å². The number of nitro benzene ring substituents is 1. The van der Waals surface area contributed by atoms with Crippen LogP contribution in [0.15, 0.2) is 95.6 Å². The topological polar surface area (TPSA) is 118 Å². The number of carbonyl (C=O) groups excluding carboxylic acids is 2. The van der Waals surface area contributed by atoms with Crippen molar-refractivity contribution in [3.63, 3.8) is 0 Å². The molecule has 4 aromatic rings. The van der Waals surface area contributed by atoms with Crippen LogP contribution in [0.4, 0.5) is 5.69 Å². The van der Waals surface area contributed by atoms with Crippen molar-refractivity contribution in [1.29, 1.82) is 0 Å². The van der Waals surface area contributed by atoms with Crippen molar-refractivity contribution in [3.8, 4) is 0 Å². The number of fused-ring (bicyclic) bond motifs is 1. The predicted molar refractivity (Wildman–Crippen MR) is 135 cm³/mol. The van der Waals surface area contributed by atoms with Gasteiger partial charge in [-0.2, -0.15) is 5.01 Å². The van der Waals surface area contributed by atoms with Gasteiger partial charge >= 0.3 is 0 Å². The molecule has 2 amide bonds. The highest BCUT2D eigenvalue weighted by molar-refractivity contribution is 6.31. The van der Waals surface area contributed by atoms with Crippen molar-refractivity contribution in [3.05, 3.63) is 123 Å². The number of amidine groups is 1. The van der Waals surface area contributed by atoms with Crippen LogP contribution in [-0.2, 0) is 4.79 Å². The normalized spacial score (nSPS) is 14.2. The molecular weight excluding hydrogens is 482 g/mol. The van der Waals surface area contributed by atoms with E-state index >= 15 is 0 Å². The SMILES string of the molecule is O=C(NN1C(=O)/C(=C/c2cc3ccccc3nc2Cl)N=C1c1ccccc1)c1ccc([N+](=O)[O-])cc1. The Bertz CT molecular complexity index is 1580. The molecule has 1 aliphatic heterocycles. The summed E-state index contributed by atoms with van der Waals surface area (Å²) in [7, 11) is 0. The third-order valence-corrected chi connectivity index (χ3v) is 5.75. The average Bonchev–Trinajstić information content (AvgIpc) is 3.19. The first-order chi connectivity index (χ1) is 17.4. The standard InChI is InChI=1S/C26H16ClN5O4/c27-23-19(14-18-8-4-5-9-21(18)28-23)15-22-26(34)31(24(29-22)16-6-2-1-3-7-16)30-25(33)17-10-12-20(13-11-17)32(35)36/h1-15H,(H,30,33)/b22-15-. The number of rotatable bonds is 5. The maximum Gasteiger partial charge on any atom is 0.297 e. The minimum Gasteiger partial charge on any atom is -0.267 e. The second-order valence-electron chi connectivity index (χ2n) is 7.78. The van der Waals surface area contributed by atoms with Crippen molar-refractivity contribution in [2.75, 3.05) is 0 Å². The lowest BCUT2D eigenvalue weighted by atomic mass is 10.1. The van der Waals surface area contributed by atoms with Gasteiger partial charge in [0.1, 0.15) is 10.9 Å². The summed E-state index contributed by atoms with van der Waals surface area (Å²) in [5.74, 6) is -0.992. The van der Waals surface area contributed by atoms with Crippen LogP contribution in [0, 0.1) is 10.1 Å². The van der Waals surface area contributed by atoms with Crippen molar-refractivity contribution in [1.82, 2.24) is 15.4 Å². The molecule has 0 fully saturated rings. The Morgan fingerprint density at radius 2 is 1.69 bits per heavy atom. The molecule has 0 atom stereocenters. The van der Waals surface area contributed by atoms with Crippen molar-refractivity contribution in [2.24, 2.45) is 4.99 Å². The lowest BCUT2D eigenvalue weighted by Crippen LogP contribution is -2.47. The van der Waals surface area contributed by atoms with Crippen LogP contribution in [0.1, 0.15) is 21.5 Å². The van der Waals surface area contributed by atoms with Crippen LogP contribution in [0.2, 0.25) is 5.15 Å². The molecule has 2 heterocycles. The quantitative estimate of drug-likeness (QED) is 0.184. The third kappa shape index (κ3) is 4.42. The Labute approximate surface area is 209 Å². The number of nitrogens with one attached hydrogen (secondary N) is 1. The van der Waals surface area contributed by atoms with Gasteiger partial charge in [-0.3, -0.25) is 25.1 Å². The van der Waals surface area contributed by atoms with Crippen molar-refractivity contribution >= 4 is 51.9 Å². The highest BCUT2D eigenvalue weighted by Gasteiger charge is 2.33. The molecule has 9 nitrogen and oxygen atoms in total. The Morgan fingerprint density at radius 3 is 2.42 bits per heavy atom. The zero-order valence-electron chi connectivity index (χ0n) is 18.5. The van der Waals surface area contributed by atoms with Crippen LogP contribution < -0.4 is 5.43 Å². The summed E-state index contributed by atoms with van der Waals surface area (Å²) in [6.45, 7) is 0. The number of non-ortho nitro benzene ring substituents is 1. The van der Waals surface area contributed by atoms with E-state index in [1.54, 1.807) is 30.3 Å². The summed E-state index contributed by atoms with van der Waals surface area (Å²) in [5, 5.41) is 13.0. The first kappa shape index (κ1) is 22.9. The fraction of sp³-hybridized carbons (Fsp3) is 0. The minimum absolute atomic E-state index is 0.0526. The van der Waals surface area contributed by atoms with Gasteiger partial charge in [0, 0.05) is 34.2 Å². The number of hydrogen-bond donors (Lipinski definition) is 1. The van der Waals surface area contributed by atoms with Gasteiger partial charge in [0.2, 0.25) is 0 Å². The van der Waals surface area contributed by atoms with Crippen LogP contribution in [-0.4, -0.2) is 32.6 Å². The van der Waals surface area contributed by atoms with E-state index in [0.717, 1.165) is 10.4 Å². The molecule has 0 bridgehead atoms. The number of carbonyl (C=O) groups is 2. The van der Waals surface area contributed by atoms with Gasteiger partial charge in [-0.15, -0.1) is 0 Å². The Morgan fingerprint density at radius 1 is 1.00 bits per heavy atom. The van der Waals surface area contributed by atoms with E-state index in [1.165, 1.54) is 30.3 Å². The molecular formula is C26H16ClN5O4. The van der Waals surface area contributed by atoms with E-state index in [1.807, 2.05) is 30.3 Å². The summed E-state index contributed by atoms with van der Waals surface area (Å²) in [5.41, 5.74) is 4.41. The minimum atomic E-state index is -0.631. The molecule has 1 aliphatic rings. The first-order valence-electron chi connectivity index (χ1n) is 10.7. The van der Waals surface area contributed by atoms with Crippen LogP contribution >= 0.6 is 11.6 Å².